The Morgan fingerprint density at radius 3 is 2.55 bits per heavy atom. The summed E-state index contributed by atoms with van der Waals surface area (Å²) in [5.41, 5.74) is 3.01. The van der Waals surface area contributed by atoms with Crippen LogP contribution in [0, 0.1) is 29.1 Å². The molecule has 31 heavy (non-hydrogen) atoms. The Morgan fingerprint density at radius 2 is 1.87 bits per heavy atom. The average Bonchev–Trinajstić information content (AvgIpc) is 3.29. The fourth-order valence-electron chi connectivity index (χ4n) is 7.51. The number of halogens is 2. The van der Waals surface area contributed by atoms with Crippen LogP contribution >= 0.6 is 0 Å². The molecule has 0 amide bonds. The van der Waals surface area contributed by atoms with Crippen LogP contribution in [0.15, 0.2) is 23.3 Å². The summed E-state index contributed by atoms with van der Waals surface area (Å²) in [5.74, 6) is 1.36. The first-order valence-electron chi connectivity index (χ1n) is 12.5. The van der Waals surface area contributed by atoms with E-state index in [1.165, 1.54) is 25.7 Å². The van der Waals surface area contributed by atoms with E-state index < -0.39 is 24.6 Å². The highest BCUT2D eigenvalue weighted by molar-refractivity contribution is 5.26. The highest BCUT2D eigenvalue weighted by atomic mass is 19.3. The molecule has 3 nitrogen and oxygen atoms in total. The molecule has 1 heterocycles. The minimum atomic E-state index is -2.18. The zero-order valence-corrected chi connectivity index (χ0v) is 19.3. The second-order valence-electron chi connectivity index (χ2n) is 11.2. The van der Waals surface area contributed by atoms with E-state index in [-0.39, 0.29) is 0 Å². The van der Waals surface area contributed by atoms with Crippen molar-refractivity contribution in [3.63, 3.8) is 0 Å². The number of rotatable bonds is 5. The van der Waals surface area contributed by atoms with E-state index in [0.717, 1.165) is 25.1 Å². The third-order valence-corrected chi connectivity index (χ3v) is 9.01. The Morgan fingerprint density at radius 1 is 1.13 bits per heavy atom. The maximum Gasteiger partial charge on any atom is 0.242 e. The van der Waals surface area contributed by atoms with Crippen molar-refractivity contribution in [2.45, 2.75) is 90.3 Å². The van der Waals surface area contributed by atoms with Gasteiger partial charge in [-0.1, -0.05) is 37.1 Å². The first-order valence-corrected chi connectivity index (χ1v) is 12.5. The molecule has 0 radical (unpaired) electrons. The van der Waals surface area contributed by atoms with Crippen LogP contribution in [-0.2, 0) is 0 Å². The summed E-state index contributed by atoms with van der Waals surface area (Å²) in [6.45, 7) is 7.16. The van der Waals surface area contributed by atoms with Crippen LogP contribution in [0.4, 0.5) is 8.78 Å². The third kappa shape index (κ3) is 5.09. The van der Waals surface area contributed by atoms with Crippen LogP contribution < -0.4 is 0 Å². The third-order valence-electron chi connectivity index (χ3n) is 9.01. The van der Waals surface area contributed by atoms with Crippen molar-refractivity contribution >= 4 is 0 Å². The molecule has 2 N–H and O–H groups in total. The first kappa shape index (κ1) is 23.4. The van der Waals surface area contributed by atoms with Crippen molar-refractivity contribution in [1.82, 2.24) is 4.90 Å². The van der Waals surface area contributed by atoms with Gasteiger partial charge in [0.2, 0.25) is 6.43 Å². The van der Waals surface area contributed by atoms with Gasteiger partial charge >= 0.3 is 0 Å². The van der Waals surface area contributed by atoms with Crippen LogP contribution in [0.25, 0.3) is 0 Å². The van der Waals surface area contributed by atoms with E-state index in [2.05, 4.69) is 30.9 Å². The number of likely N-dealkylation sites (tertiary alicyclic amines) is 1. The molecular weight excluding hydrogens is 396 g/mol. The Kier molecular flexibility index (Phi) is 7.24. The van der Waals surface area contributed by atoms with Gasteiger partial charge in [-0.25, -0.2) is 8.78 Å². The summed E-state index contributed by atoms with van der Waals surface area (Å²) in [5, 5.41) is 19.9. The molecule has 4 rings (SSSR count). The van der Waals surface area contributed by atoms with E-state index in [1.54, 1.807) is 5.57 Å². The maximum atomic E-state index is 13.1. The molecule has 0 bridgehead atoms. The van der Waals surface area contributed by atoms with Crippen molar-refractivity contribution in [2.75, 3.05) is 19.6 Å². The molecular formula is C26H41F2NO2. The normalized spacial score (nSPS) is 41.7. The quantitative estimate of drug-likeness (QED) is 0.623. The minimum Gasteiger partial charge on any atom is -0.393 e. The molecule has 1 aliphatic heterocycles. The highest BCUT2D eigenvalue weighted by Gasteiger charge is 2.51. The van der Waals surface area contributed by atoms with E-state index in [4.69, 9.17) is 0 Å². The second-order valence-corrected chi connectivity index (χ2v) is 11.2. The van der Waals surface area contributed by atoms with E-state index in [0.29, 0.717) is 55.4 Å². The lowest BCUT2D eigenvalue weighted by molar-refractivity contribution is 0.0609. The fraction of sp³-hybridized carbons (Fsp3) is 0.846. The zero-order chi connectivity index (χ0) is 22.2. The summed E-state index contributed by atoms with van der Waals surface area (Å²) < 4.78 is 26.1. The average molecular weight is 438 g/mol. The number of aliphatic hydroxyl groups excluding tert-OH is 2. The molecule has 0 spiro atoms. The first-order chi connectivity index (χ1) is 14.8. The monoisotopic (exact) mass is 437 g/mol. The zero-order valence-electron chi connectivity index (χ0n) is 19.3. The molecule has 1 saturated heterocycles. The lowest BCUT2D eigenvalue weighted by Gasteiger charge is -2.45. The molecule has 0 aromatic rings. The number of fused-ring (bicyclic) bond motifs is 1. The van der Waals surface area contributed by atoms with Gasteiger partial charge in [0.15, 0.2) is 0 Å². The molecule has 176 valence electrons. The molecule has 5 heteroatoms. The van der Waals surface area contributed by atoms with Gasteiger partial charge < -0.3 is 15.1 Å². The van der Waals surface area contributed by atoms with Crippen LogP contribution in [0.1, 0.15) is 71.6 Å². The lowest BCUT2D eigenvalue weighted by atomic mass is 9.61. The molecule has 0 aromatic heterocycles. The van der Waals surface area contributed by atoms with E-state index >= 15 is 0 Å². The van der Waals surface area contributed by atoms with E-state index in [1.807, 2.05) is 0 Å². The summed E-state index contributed by atoms with van der Waals surface area (Å²) in [6.07, 6.45) is 10.0. The second kappa shape index (κ2) is 9.61. The number of hydrogen-bond acceptors (Lipinski definition) is 3. The highest BCUT2D eigenvalue weighted by Crippen LogP contribution is 2.59. The maximum absolute atomic E-state index is 13.1. The molecule has 4 fully saturated rings. The predicted octanol–water partition coefficient (Wildman–Crippen LogP) is 5.18. The van der Waals surface area contributed by atoms with Gasteiger partial charge in [0.25, 0.3) is 0 Å². The van der Waals surface area contributed by atoms with Crippen molar-refractivity contribution in [3.8, 4) is 0 Å². The van der Waals surface area contributed by atoms with Gasteiger partial charge in [0, 0.05) is 19.0 Å². The summed E-state index contributed by atoms with van der Waals surface area (Å²) >= 11 is 0. The fourth-order valence-corrected chi connectivity index (χ4v) is 7.51. The molecule has 7 atom stereocenters. The topological polar surface area (TPSA) is 43.7 Å². The van der Waals surface area contributed by atoms with Crippen LogP contribution in [-0.4, -0.2) is 53.4 Å². The Bertz CT molecular complexity index is 681. The van der Waals surface area contributed by atoms with Crippen LogP contribution in [0.2, 0.25) is 0 Å². The van der Waals surface area contributed by atoms with Crippen molar-refractivity contribution in [1.29, 1.82) is 0 Å². The van der Waals surface area contributed by atoms with Crippen molar-refractivity contribution < 1.29 is 19.0 Å². The van der Waals surface area contributed by atoms with Crippen LogP contribution in [0.3, 0.4) is 0 Å². The molecule has 0 aromatic carbocycles. The number of aliphatic hydroxyl groups is 2. The number of hydrogen-bond donors (Lipinski definition) is 2. The van der Waals surface area contributed by atoms with Gasteiger partial charge in [-0.05, 0) is 87.5 Å². The van der Waals surface area contributed by atoms with Gasteiger partial charge in [-0.15, -0.1) is 0 Å². The van der Waals surface area contributed by atoms with Gasteiger partial charge in [0.1, 0.15) is 0 Å². The van der Waals surface area contributed by atoms with Gasteiger partial charge in [-0.2, -0.15) is 0 Å². The largest absolute Gasteiger partial charge is 0.393 e. The van der Waals surface area contributed by atoms with E-state index in [9.17, 15) is 19.0 Å². The Labute approximate surface area is 186 Å². The van der Waals surface area contributed by atoms with Gasteiger partial charge in [0.05, 0.1) is 12.2 Å². The summed E-state index contributed by atoms with van der Waals surface area (Å²) in [4.78, 5) is 2.28. The summed E-state index contributed by atoms with van der Waals surface area (Å²) in [7, 11) is 0. The Hall–Kier alpha value is -0.780. The van der Waals surface area contributed by atoms with Crippen LogP contribution in [0.5, 0.6) is 0 Å². The molecule has 3 aliphatic carbocycles. The molecule has 3 saturated carbocycles. The number of allylic oxidation sites excluding steroid dienone is 3. The molecule has 0 unspecified atom stereocenters. The number of alkyl halides is 2. The number of nitrogens with zero attached hydrogens (tertiary/aromatic N) is 1. The minimum absolute atomic E-state index is 0.301. The molecule has 4 aliphatic rings. The summed E-state index contributed by atoms with van der Waals surface area (Å²) in [6, 6.07) is 0. The predicted molar refractivity (Wildman–Crippen MR) is 120 cm³/mol. The smallest absolute Gasteiger partial charge is 0.242 e. The van der Waals surface area contributed by atoms with Gasteiger partial charge in [-0.3, -0.25) is 0 Å². The van der Waals surface area contributed by atoms with Crippen molar-refractivity contribution in [3.05, 3.63) is 23.3 Å². The standard InChI is InChI=1S/C26H41F2NO2/c1-17(15-29-11-9-20(16-29)25(27)28)23-7-8-24-19(4-3-10-26(23,24)2)6-5-18-12-21(30)14-22(31)13-18/h5-6,17,20-25,30-31H,3-4,7-16H2,1-2H3/b19-6+/t17-,20+,21+,22+,23+,24-,26+/m0/s1. The van der Waals surface area contributed by atoms with Crippen molar-refractivity contribution in [2.24, 2.45) is 29.1 Å². The Balaban J connectivity index is 1.41. The lowest BCUT2D eigenvalue weighted by Crippen LogP contribution is -2.39. The SMILES string of the molecule is C[C@@H](CN1CC[C@@H](C(F)F)C1)[C@H]1CC[C@H]2/C(=C/C=C3C[C@@H](O)C[C@H](O)C3)CCC[C@]12C.